The second kappa shape index (κ2) is 6.41. The van der Waals surface area contributed by atoms with Crippen LogP contribution < -0.4 is 5.73 Å². The van der Waals surface area contributed by atoms with Gasteiger partial charge in [0.25, 0.3) is 11.6 Å². The molecule has 0 aliphatic heterocycles. The lowest BCUT2D eigenvalue weighted by atomic mass is 10.2. The van der Waals surface area contributed by atoms with Crippen LogP contribution in [0.1, 0.15) is 5.56 Å². The van der Waals surface area contributed by atoms with E-state index in [1.165, 1.54) is 48.5 Å². The smallest absolute Gasteiger partial charge is 0.269 e. The van der Waals surface area contributed by atoms with Crippen molar-refractivity contribution < 1.29 is 18.1 Å². The molecule has 0 spiro atoms. The molecular formula is C15H12N2O5S. The monoisotopic (exact) mass is 332 g/mol. The van der Waals surface area contributed by atoms with Crippen molar-refractivity contribution in [3.05, 3.63) is 75.2 Å². The van der Waals surface area contributed by atoms with Crippen LogP contribution in [-0.2, 0) is 14.6 Å². The van der Waals surface area contributed by atoms with Gasteiger partial charge in [0, 0.05) is 12.1 Å². The number of sulfone groups is 1. The average molecular weight is 332 g/mol. The molecule has 118 valence electrons. The zero-order valence-electron chi connectivity index (χ0n) is 11.7. The van der Waals surface area contributed by atoms with Crippen molar-refractivity contribution in [3.8, 4) is 0 Å². The Morgan fingerprint density at radius 1 is 1.04 bits per heavy atom. The van der Waals surface area contributed by atoms with E-state index in [9.17, 15) is 23.3 Å². The third-order valence-corrected chi connectivity index (χ3v) is 4.78. The summed E-state index contributed by atoms with van der Waals surface area (Å²) in [6.07, 6.45) is 1.09. The summed E-state index contributed by atoms with van der Waals surface area (Å²) in [5, 5.41) is 10.6. The fraction of sp³-hybridized carbons (Fsp3) is 0. The third kappa shape index (κ3) is 3.61. The molecule has 0 saturated carbocycles. The van der Waals surface area contributed by atoms with Gasteiger partial charge in [-0.05, 0) is 35.9 Å². The Labute approximate surface area is 132 Å². The summed E-state index contributed by atoms with van der Waals surface area (Å²) in [6, 6.07) is 12.5. The van der Waals surface area contributed by atoms with E-state index in [4.69, 9.17) is 5.73 Å². The highest BCUT2D eigenvalue weighted by Gasteiger charge is 2.25. The van der Waals surface area contributed by atoms with E-state index in [0.717, 1.165) is 6.08 Å². The molecular weight excluding hydrogens is 320 g/mol. The molecule has 0 heterocycles. The highest BCUT2D eigenvalue weighted by molar-refractivity contribution is 7.96. The Morgan fingerprint density at radius 2 is 1.61 bits per heavy atom. The number of hydrogen-bond donors (Lipinski definition) is 1. The quantitative estimate of drug-likeness (QED) is 0.509. The van der Waals surface area contributed by atoms with Gasteiger partial charge in [-0.2, -0.15) is 0 Å². The maximum absolute atomic E-state index is 12.5. The second-order valence-corrected chi connectivity index (χ2v) is 6.46. The SMILES string of the molecule is NC(=O)/C(=C/c1ccc([N+](=O)[O-])cc1)S(=O)(=O)c1ccccc1. The van der Waals surface area contributed by atoms with Gasteiger partial charge in [-0.25, -0.2) is 8.42 Å². The number of non-ortho nitro benzene ring substituents is 1. The molecule has 0 radical (unpaired) electrons. The molecule has 0 aliphatic carbocycles. The maximum atomic E-state index is 12.5. The molecule has 0 fully saturated rings. The molecule has 0 bridgehead atoms. The van der Waals surface area contributed by atoms with Gasteiger partial charge < -0.3 is 5.73 Å². The fourth-order valence-electron chi connectivity index (χ4n) is 1.85. The van der Waals surface area contributed by atoms with Gasteiger partial charge in [0.1, 0.15) is 4.91 Å². The van der Waals surface area contributed by atoms with Crippen LogP contribution in [0.4, 0.5) is 5.69 Å². The van der Waals surface area contributed by atoms with Gasteiger partial charge in [0.2, 0.25) is 9.84 Å². The Hall–Kier alpha value is -3.00. The van der Waals surface area contributed by atoms with Gasteiger partial charge in [-0.1, -0.05) is 18.2 Å². The molecule has 1 amide bonds. The number of primary amides is 1. The molecule has 0 saturated heterocycles. The Balaban J connectivity index is 2.50. The van der Waals surface area contributed by atoms with E-state index in [1.807, 2.05) is 0 Å². The fourth-order valence-corrected chi connectivity index (χ4v) is 3.18. The lowest BCUT2D eigenvalue weighted by molar-refractivity contribution is -0.384. The van der Waals surface area contributed by atoms with Crippen molar-refractivity contribution >= 4 is 27.5 Å². The molecule has 7 nitrogen and oxygen atoms in total. The number of nitrogens with two attached hydrogens (primary N) is 1. The zero-order valence-corrected chi connectivity index (χ0v) is 12.6. The zero-order chi connectivity index (χ0) is 17.0. The predicted molar refractivity (Wildman–Crippen MR) is 83.9 cm³/mol. The number of benzene rings is 2. The first-order chi connectivity index (χ1) is 10.8. The molecule has 2 N–H and O–H groups in total. The number of nitro benzene ring substituents is 1. The molecule has 8 heteroatoms. The lowest BCUT2D eigenvalue weighted by Crippen LogP contribution is -2.21. The van der Waals surface area contributed by atoms with E-state index < -0.39 is 25.6 Å². The summed E-state index contributed by atoms with van der Waals surface area (Å²) in [5.41, 5.74) is 5.36. The molecule has 0 aliphatic rings. The van der Waals surface area contributed by atoms with Crippen LogP contribution >= 0.6 is 0 Å². The van der Waals surface area contributed by atoms with Crippen LogP contribution in [0.5, 0.6) is 0 Å². The number of hydrogen-bond acceptors (Lipinski definition) is 5. The van der Waals surface area contributed by atoms with Gasteiger partial charge in [-0.3, -0.25) is 14.9 Å². The molecule has 0 atom stereocenters. The number of nitrogens with zero attached hydrogens (tertiary/aromatic N) is 1. The number of nitro groups is 1. The summed E-state index contributed by atoms with van der Waals surface area (Å²) >= 11 is 0. The van der Waals surface area contributed by atoms with Gasteiger partial charge in [-0.15, -0.1) is 0 Å². The van der Waals surface area contributed by atoms with Crippen molar-refractivity contribution in [2.24, 2.45) is 5.73 Å². The minimum atomic E-state index is -4.07. The number of carbonyl (C=O) groups is 1. The Bertz CT molecular complexity index is 872. The van der Waals surface area contributed by atoms with Crippen LogP contribution in [-0.4, -0.2) is 19.2 Å². The van der Waals surface area contributed by atoms with E-state index in [2.05, 4.69) is 0 Å². The second-order valence-electron chi connectivity index (χ2n) is 4.54. The van der Waals surface area contributed by atoms with Crippen molar-refractivity contribution in [1.82, 2.24) is 0 Å². The van der Waals surface area contributed by atoms with E-state index in [0.29, 0.717) is 5.56 Å². The van der Waals surface area contributed by atoms with Crippen molar-refractivity contribution in [2.75, 3.05) is 0 Å². The first-order valence-corrected chi connectivity index (χ1v) is 7.87. The largest absolute Gasteiger partial charge is 0.365 e. The minimum absolute atomic E-state index is 0.0630. The minimum Gasteiger partial charge on any atom is -0.365 e. The average Bonchev–Trinajstić information content (AvgIpc) is 2.53. The normalized spacial score (nSPS) is 11.9. The van der Waals surface area contributed by atoms with Crippen molar-refractivity contribution in [1.29, 1.82) is 0 Å². The highest BCUT2D eigenvalue weighted by atomic mass is 32.2. The lowest BCUT2D eigenvalue weighted by Gasteiger charge is -2.06. The summed E-state index contributed by atoms with van der Waals surface area (Å²) < 4.78 is 25.0. The standard InChI is InChI=1S/C15H12N2O5S/c16-15(18)14(23(21,22)13-4-2-1-3-5-13)10-11-6-8-12(9-7-11)17(19)20/h1-10H,(H2,16,18)/b14-10-. The third-order valence-electron chi connectivity index (χ3n) is 2.99. The van der Waals surface area contributed by atoms with Crippen LogP contribution in [0.2, 0.25) is 0 Å². The summed E-state index contributed by atoms with van der Waals surface area (Å²) in [5.74, 6) is -1.10. The topological polar surface area (TPSA) is 120 Å². The van der Waals surface area contributed by atoms with Crippen molar-refractivity contribution in [2.45, 2.75) is 4.90 Å². The number of carbonyl (C=O) groups excluding carboxylic acids is 1. The van der Waals surface area contributed by atoms with E-state index in [-0.39, 0.29) is 10.6 Å². The summed E-state index contributed by atoms with van der Waals surface area (Å²) in [6.45, 7) is 0. The molecule has 2 aromatic rings. The predicted octanol–water partition coefficient (Wildman–Crippen LogP) is 1.89. The van der Waals surface area contributed by atoms with Crippen LogP contribution in [0.25, 0.3) is 6.08 Å². The molecule has 23 heavy (non-hydrogen) atoms. The number of amides is 1. The molecule has 0 aromatic heterocycles. The summed E-state index contributed by atoms with van der Waals surface area (Å²) in [4.78, 5) is 20.9. The Kier molecular flexibility index (Phi) is 4.56. The van der Waals surface area contributed by atoms with Crippen LogP contribution in [0, 0.1) is 10.1 Å². The van der Waals surface area contributed by atoms with Crippen molar-refractivity contribution in [3.63, 3.8) is 0 Å². The van der Waals surface area contributed by atoms with E-state index >= 15 is 0 Å². The maximum Gasteiger partial charge on any atom is 0.269 e. The molecule has 2 aromatic carbocycles. The van der Waals surface area contributed by atoms with Crippen LogP contribution in [0.15, 0.2) is 64.4 Å². The number of rotatable bonds is 5. The van der Waals surface area contributed by atoms with Gasteiger partial charge >= 0.3 is 0 Å². The molecule has 2 rings (SSSR count). The Morgan fingerprint density at radius 3 is 2.09 bits per heavy atom. The van der Waals surface area contributed by atoms with Crippen LogP contribution in [0.3, 0.4) is 0 Å². The first kappa shape index (κ1) is 16.4. The van der Waals surface area contributed by atoms with Gasteiger partial charge in [0.15, 0.2) is 0 Å². The summed E-state index contributed by atoms with van der Waals surface area (Å²) in [7, 11) is -4.07. The molecule has 0 unspecified atom stereocenters. The van der Waals surface area contributed by atoms with Gasteiger partial charge in [0.05, 0.1) is 9.82 Å². The van der Waals surface area contributed by atoms with E-state index in [1.54, 1.807) is 6.07 Å². The highest BCUT2D eigenvalue weighted by Crippen LogP contribution is 2.22. The first-order valence-electron chi connectivity index (χ1n) is 6.38.